The van der Waals surface area contributed by atoms with Gasteiger partial charge in [-0.1, -0.05) is 36.2 Å². The van der Waals surface area contributed by atoms with E-state index in [2.05, 4.69) is 41.5 Å². The van der Waals surface area contributed by atoms with Gasteiger partial charge in [0.2, 0.25) is 5.91 Å². The number of hydrogen-bond donors (Lipinski definition) is 2. The van der Waals surface area contributed by atoms with E-state index >= 15 is 0 Å². The summed E-state index contributed by atoms with van der Waals surface area (Å²) in [5, 5.41) is 3.26. The number of carbonyl (C=O) groups excluding carboxylic acids is 1. The van der Waals surface area contributed by atoms with E-state index in [1.165, 1.54) is 5.56 Å². The highest BCUT2D eigenvalue weighted by Crippen LogP contribution is 2.37. The molecule has 1 amide bonds. The van der Waals surface area contributed by atoms with Crippen LogP contribution in [0.15, 0.2) is 30.5 Å². The SMILES string of the molecule is Cc1ccc(-c2c[nH]c([C@@H]3CCC[C@@H]3NC(=O)C3CCC(C)(F)CC3)n2)cc1. The lowest BCUT2D eigenvalue weighted by Crippen LogP contribution is -2.42. The number of imidazole rings is 1. The number of nitrogens with one attached hydrogen (secondary N) is 2. The molecule has 1 aromatic carbocycles. The van der Waals surface area contributed by atoms with Crippen molar-refractivity contribution >= 4 is 5.91 Å². The summed E-state index contributed by atoms with van der Waals surface area (Å²) in [4.78, 5) is 20.9. The van der Waals surface area contributed by atoms with Gasteiger partial charge in [-0.15, -0.1) is 0 Å². The minimum absolute atomic E-state index is 0.0511. The zero-order valence-electron chi connectivity index (χ0n) is 16.8. The predicted octanol–water partition coefficient (Wildman–Crippen LogP) is 5.06. The van der Waals surface area contributed by atoms with Gasteiger partial charge >= 0.3 is 0 Å². The number of aryl methyl sites for hydroxylation is 1. The Balaban J connectivity index is 1.41. The van der Waals surface area contributed by atoms with E-state index in [0.717, 1.165) is 36.3 Å². The highest BCUT2D eigenvalue weighted by atomic mass is 19.1. The predicted molar refractivity (Wildman–Crippen MR) is 109 cm³/mol. The van der Waals surface area contributed by atoms with Crippen molar-refractivity contribution in [3.63, 3.8) is 0 Å². The van der Waals surface area contributed by atoms with Crippen LogP contribution in [0.1, 0.15) is 69.2 Å². The van der Waals surface area contributed by atoms with Crippen molar-refractivity contribution in [1.29, 1.82) is 0 Å². The lowest BCUT2D eigenvalue weighted by atomic mass is 9.80. The van der Waals surface area contributed by atoms with Gasteiger partial charge in [0.25, 0.3) is 0 Å². The van der Waals surface area contributed by atoms with Crippen LogP contribution in [0.2, 0.25) is 0 Å². The molecule has 4 nitrogen and oxygen atoms in total. The first-order chi connectivity index (χ1) is 13.4. The monoisotopic (exact) mass is 383 g/mol. The fraction of sp³-hybridized carbons (Fsp3) is 0.565. The topological polar surface area (TPSA) is 57.8 Å². The molecule has 0 saturated heterocycles. The Labute approximate surface area is 166 Å². The molecule has 2 atom stereocenters. The Morgan fingerprint density at radius 3 is 2.61 bits per heavy atom. The zero-order valence-corrected chi connectivity index (χ0v) is 16.8. The van der Waals surface area contributed by atoms with Crippen molar-refractivity contribution < 1.29 is 9.18 Å². The van der Waals surface area contributed by atoms with Crippen molar-refractivity contribution in [2.45, 2.75) is 76.4 Å². The molecule has 28 heavy (non-hydrogen) atoms. The first-order valence-corrected chi connectivity index (χ1v) is 10.5. The Morgan fingerprint density at radius 1 is 1.18 bits per heavy atom. The summed E-state index contributed by atoms with van der Waals surface area (Å²) in [6, 6.07) is 8.47. The number of amides is 1. The molecule has 2 N–H and O–H groups in total. The maximum absolute atomic E-state index is 14.0. The number of rotatable bonds is 4. The fourth-order valence-corrected chi connectivity index (χ4v) is 4.64. The molecule has 2 saturated carbocycles. The number of aromatic nitrogens is 2. The van der Waals surface area contributed by atoms with Gasteiger partial charge in [0.15, 0.2) is 0 Å². The molecule has 2 aliphatic carbocycles. The maximum atomic E-state index is 14.0. The van der Waals surface area contributed by atoms with Gasteiger partial charge in [0.05, 0.1) is 5.69 Å². The average Bonchev–Trinajstić information content (AvgIpc) is 3.31. The van der Waals surface area contributed by atoms with E-state index in [0.29, 0.717) is 25.7 Å². The molecule has 2 aliphatic rings. The van der Waals surface area contributed by atoms with Crippen molar-refractivity contribution in [3.05, 3.63) is 41.9 Å². The molecule has 1 heterocycles. The number of H-pyrrole nitrogens is 1. The third kappa shape index (κ3) is 4.13. The summed E-state index contributed by atoms with van der Waals surface area (Å²) in [6.45, 7) is 3.72. The molecule has 0 unspecified atom stereocenters. The molecule has 2 aromatic rings. The Hall–Kier alpha value is -2.17. The first kappa shape index (κ1) is 19.2. The summed E-state index contributed by atoms with van der Waals surface area (Å²) in [6.07, 6.45) is 7.31. The number of halogens is 1. The quantitative estimate of drug-likeness (QED) is 0.776. The van der Waals surface area contributed by atoms with Gasteiger partial charge in [-0.2, -0.15) is 0 Å². The summed E-state index contributed by atoms with van der Waals surface area (Å²) >= 11 is 0. The molecule has 1 aromatic heterocycles. The number of aromatic amines is 1. The van der Waals surface area contributed by atoms with Crippen LogP contribution in [0.25, 0.3) is 11.3 Å². The molecule has 0 radical (unpaired) electrons. The minimum atomic E-state index is -1.10. The molecule has 0 aliphatic heterocycles. The summed E-state index contributed by atoms with van der Waals surface area (Å²) < 4.78 is 14.0. The van der Waals surface area contributed by atoms with Crippen LogP contribution in [0.5, 0.6) is 0 Å². The average molecular weight is 384 g/mol. The zero-order chi connectivity index (χ0) is 19.7. The fourth-order valence-electron chi connectivity index (χ4n) is 4.64. The molecular formula is C23H30FN3O. The second-order valence-corrected chi connectivity index (χ2v) is 8.88. The number of alkyl halides is 1. The van der Waals surface area contributed by atoms with Crippen LogP contribution in [0.4, 0.5) is 4.39 Å². The van der Waals surface area contributed by atoms with E-state index in [1.807, 2.05) is 6.20 Å². The van der Waals surface area contributed by atoms with Crippen molar-refractivity contribution in [1.82, 2.24) is 15.3 Å². The van der Waals surface area contributed by atoms with E-state index in [4.69, 9.17) is 4.98 Å². The van der Waals surface area contributed by atoms with Gasteiger partial charge in [0, 0.05) is 29.6 Å². The van der Waals surface area contributed by atoms with E-state index in [1.54, 1.807) is 6.92 Å². The Kier molecular flexibility index (Phi) is 5.26. The Morgan fingerprint density at radius 2 is 1.89 bits per heavy atom. The molecule has 0 bridgehead atoms. The van der Waals surface area contributed by atoms with Crippen LogP contribution in [0.3, 0.4) is 0 Å². The van der Waals surface area contributed by atoms with Crippen LogP contribution in [0, 0.1) is 12.8 Å². The summed E-state index contributed by atoms with van der Waals surface area (Å²) in [5.74, 6) is 1.22. The third-order valence-corrected chi connectivity index (χ3v) is 6.54. The number of nitrogens with zero attached hydrogens (tertiary/aromatic N) is 1. The number of carbonyl (C=O) groups is 1. The van der Waals surface area contributed by atoms with Gasteiger partial charge in [-0.05, 0) is 52.4 Å². The molecule has 2 fully saturated rings. The lowest BCUT2D eigenvalue weighted by Gasteiger charge is -2.31. The highest BCUT2D eigenvalue weighted by Gasteiger charge is 2.37. The smallest absolute Gasteiger partial charge is 0.223 e. The molecule has 0 spiro atoms. The lowest BCUT2D eigenvalue weighted by molar-refractivity contribution is -0.127. The van der Waals surface area contributed by atoms with E-state index in [9.17, 15) is 9.18 Å². The number of benzene rings is 1. The summed E-state index contributed by atoms with van der Waals surface area (Å²) in [5.41, 5.74) is 2.17. The molecule has 150 valence electrons. The standard InChI is InChI=1S/C23H30FN3O/c1-15-6-8-16(9-7-15)20-14-25-21(26-20)18-4-3-5-19(18)27-22(28)17-10-12-23(2,24)13-11-17/h6-9,14,17-19H,3-5,10-13H2,1-2H3,(H,25,26)(H,27,28)/t17?,18-,19+,23?/m1/s1. The number of hydrogen-bond acceptors (Lipinski definition) is 2. The van der Waals surface area contributed by atoms with Crippen molar-refractivity contribution in [3.8, 4) is 11.3 Å². The summed E-state index contributed by atoms with van der Waals surface area (Å²) in [7, 11) is 0. The van der Waals surface area contributed by atoms with Crippen LogP contribution in [-0.4, -0.2) is 27.6 Å². The second-order valence-electron chi connectivity index (χ2n) is 8.88. The van der Waals surface area contributed by atoms with Crippen LogP contribution < -0.4 is 5.32 Å². The molecular weight excluding hydrogens is 353 g/mol. The van der Waals surface area contributed by atoms with Gasteiger partial charge in [-0.25, -0.2) is 9.37 Å². The largest absolute Gasteiger partial charge is 0.352 e. The van der Waals surface area contributed by atoms with Crippen molar-refractivity contribution in [2.75, 3.05) is 0 Å². The van der Waals surface area contributed by atoms with Crippen LogP contribution >= 0.6 is 0 Å². The van der Waals surface area contributed by atoms with Gasteiger partial charge in [0.1, 0.15) is 11.5 Å². The molecule has 5 heteroatoms. The highest BCUT2D eigenvalue weighted by molar-refractivity contribution is 5.79. The normalized spacial score (nSPS) is 30.3. The maximum Gasteiger partial charge on any atom is 0.223 e. The van der Waals surface area contributed by atoms with Gasteiger partial charge in [-0.3, -0.25) is 4.79 Å². The van der Waals surface area contributed by atoms with Crippen LogP contribution in [-0.2, 0) is 4.79 Å². The van der Waals surface area contributed by atoms with E-state index in [-0.39, 0.29) is 23.8 Å². The van der Waals surface area contributed by atoms with Gasteiger partial charge < -0.3 is 10.3 Å². The Bertz CT molecular complexity index is 817. The van der Waals surface area contributed by atoms with E-state index < -0.39 is 5.67 Å². The molecule has 4 rings (SSSR count). The van der Waals surface area contributed by atoms with Crippen molar-refractivity contribution in [2.24, 2.45) is 5.92 Å². The third-order valence-electron chi connectivity index (χ3n) is 6.54. The first-order valence-electron chi connectivity index (χ1n) is 10.5. The minimum Gasteiger partial charge on any atom is -0.352 e. The second kappa shape index (κ2) is 7.69.